The van der Waals surface area contributed by atoms with E-state index >= 15 is 0 Å². The number of carbonyl (C=O) groups excluding carboxylic acids is 1. The molecule has 0 aliphatic heterocycles. The number of benzene rings is 1. The summed E-state index contributed by atoms with van der Waals surface area (Å²) in [5.74, 6) is 2.56. The van der Waals surface area contributed by atoms with Gasteiger partial charge in [-0.3, -0.25) is 4.79 Å². The van der Waals surface area contributed by atoms with Gasteiger partial charge in [0.2, 0.25) is 5.91 Å². The van der Waals surface area contributed by atoms with E-state index in [1.165, 1.54) is 16.9 Å². The lowest BCUT2D eigenvalue weighted by molar-refractivity contribution is -0.118. The van der Waals surface area contributed by atoms with Gasteiger partial charge in [-0.2, -0.15) is 4.99 Å². The predicted molar refractivity (Wildman–Crippen MR) is 83.5 cm³/mol. The number of terminal acetylenes is 1. The van der Waals surface area contributed by atoms with Crippen molar-refractivity contribution in [1.82, 2.24) is 4.57 Å². The minimum absolute atomic E-state index is 0.0686. The summed E-state index contributed by atoms with van der Waals surface area (Å²) in [5.41, 5.74) is 2.23. The molecule has 0 saturated carbocycles. The van der Waals surface area contributed by atoms with Crippen LogP contribution >= 0.6 is 11.3 Å². The summed E-state index contributed by atoms with van der Waals surface area (Å²) in [6, 6.07) is 6.18. The van der Waals surface area contributed by atoms with Gasteiger partial charge < -0.3 is 4.57 Å². The summed E-state index contributed by atoms with van der Waals surface area (Å²) >= 11 is 1.52. The molecule has 1 amide bonds. The number of aromatic nitrogens is 1. The van der Waals surface area contributed by atoms with E-state index < -0.39 is 0 Å². The fourth-order valence-electron chi connectivity index (χ4n) is 2.00. The van der Waals surface area contributed by atoms with Crippen molar-refractivity contribution in [2.75, 3.05) is 0 Å². The lowest BCUT2D eigenvalue weighted by Gasteiger charge is -2.00. The monoisotopic (exact) mass is 286 g/mol. The zero-order chi connectivity index (χ0) is 14.5. The average molecular weight is 286 g/mol. The fourth-order valence-corrected chi connectivity index (χ4v) is 3.15. The van der Waals surface area contributed by atoms with E-state index in [9.17, 15) is 4.79 Å². The second kappa shape index (κ2) is 6.53. The number of aryl methyl sites for hydroxylation is 1. The Morgan fingerprint density at radius 1 is 1.50 bits per heavy atom. The number of nitrogens with zero attached hydrogens (tertiary/aromatic N) is 2. The van der Waals surface area contributed by atoms with Crippen LogP contribution in [0.3, 0.4) is 0 Å². The van der Waals surface area contributed by atoms with E-state index in [0.29, 0.717) is 17.8 Å². The number of carbonyl (C=O) groups is 1. The SMILES string of the molecule is C#CCn1c(=NC(=O)CCCC)sc2cc(C)ccc21. The number of thiazole rings is 1. The first kappa shape index (κ1) is 14.5. The summed E-state index contributed by atoms with van der Waals surface area (Å²) in [4.78, 5) is 16.8. The molecule has 0 atom stereocenters. The van der Waals surface area contributed by atoms with E-state index in [-0.39, 0.29) is 5.91 Å². The van der Waals surface area contributed by atoms with Gasteiger partial charge in [-0.25, -0.2) is 0 Å². The Kier molecular flexibility index (Phi) is 4.75. The Labute approximate surface area is 123 Å². The highest BCUT2D eigenvalue weighted by atomic mass is 32.1. The van der Waals surface area contributed by atoms with Crippen LogP contribution in [0.1, 0.15) is 31.7 Å². The number of amides is 1. The van der Waals surface area contributed by atoms with E-state index in [1.807, 2.05) is 23.6 Å². The molecule has 0 spiro atoms. The van der Waals surface area contributed by atoms with Crippen molar-refractivity contribution >= 4 is 27.5 Å². The van der Waals surface area contributed by atoms with E-state index in [1.54, 1.807) is 0 Å². The minimum atomic E-state index is -0.0686. The summed E-state index contributed by atoms with van der Waals surface area (Å²) in [5, 5.41) is 0. The predicted octanol–water partition coefficient (Wildman–Crippen LogP) is 3.26. The minimum Gasteiger partial charge on any atom is -0.305 e. The van der Waals surface area contributed by atoms with Gasteiger partial charge in [0, 0.05) is 6.42 Å². The molecule has 20 heavy (non-hydrogen) atoms. The molecular weight excluding hydrogens is 268 g/mol. The quantitative estimate of drug-likeness (QED) is 0.794. The van der Waals surface area contributed by atoms with Crippen molar-refractivity contribution in [2.24, 2.45) is 4.99 Å². The number of fused-ring (bicyclic) bond motifs is 1. The smallest absolute Gasteiger partial charge is 0.248 e. The molecule has 0 unspecified atom stereocenters. The Morgan fingerprint density at radius 2 is 2.30 bits per heavy atom. The van der Waals surface area contributed by atoms with Gasteiger partial charge in [0.05, 0.1) is 16.8 Å². The molecule has 2 aromatic rings. The van der Waals surface area contributed by atoms with Crippen LogP contribution in [-0.2, 0) is 11.3 Å². The highest BCUT2D eigenvalue weighted by molar-refractivity contribution is 7.16. The third-order valence-electron chi connectivity index (χ3n) is 3.05. The Bertz CT molecular complexity index is 731. The van der Waals surface area contributed by atoms with Crippen LogP contribution in [0.2, 0.25) is 0 Å². The van der Waals surface area contributed by atoms with Gasteiger partial charge in [-0.15, -0.1) is 6.42 Å². The second-order valence-electron chi connectivity index (χ2n) is 4.76. The van der Waals surface area contributed by atoms with Crippen molar-refractivity contribution in [3.05, 3.63) is 28.6 Å². The van der Waals surface area contributed by atoms with E-state index in [0.717, 1.165) is 23.1 Å². The highest BCUT2D eigenvalue weighted by Crippen LogP contribution is 2.18. The molecule has 0 aliphatic carbocycles. The van der Waals surface area contributed by atoms with Crippen molar-refractivity contribution in [3.8, 4) is 12.3 Å². The van der Waals surface area contributed by atoms with Crippen LogP contribution < -0.4 is 4.80 Å². The number of unbranched alkanes of at least 4 members (excludes halogenated alkanes) is 1. The van der Waals surface area contributed by atoms with E-state index in [4.69, 9.17) is 6.42 Å². The van der Waals surface area contributed by atoms with E-state index in [2.05, 4.69) is 23.9 Å². The van der Waals surface area contributed by atoms with Gasteiger partial charge in [-0.05, 0) is 31.0 Å². The fraction of sp³-hybridized carbons (Fsp3) is 0.375. The Morgan fingerprint density at radius 3 is 3.00 bits per heavy atom. The molecule has 1 aromatic heterocycles. The van der Waals surface area contributed by atoms with Crippen LogP contribution in [-0.4, -0.2) is 10.5 Å². The standard InChI is InChI=1S/C16H18N2OS/c1-4-6-7-15(19)17-16-18(10-5-2)13-9-8-12(3)11-14(13)20-16/h2,8-9,11H,4,6-7,10H2,1,3H3. The van der Waals surface area contributed by atoms with Crippen molar-refractivity contribution < 1.29 is 4.79 Å². The zero-order valence-corrected chi connectivity index (χ0v) is 12.7. The summed E-state index contributed by atoms with van der Waals surface area (Å²) < 4.78 is 3.05. The molecule has 1 heterocycles. The first-order valence-electron chi connectivity index (χ1n) is 6.76. The van der Waals surface area contributed by atoms with Crippen LogP contribution in [0.15, 0.2) is 23.2 Å². The molecule has 0 bridgehead atoms. The lowest BCUT2D eigenvalue weighted by atomic mass is 10.2. The van der Waals surface area contributed by atoms with Gasteiger partial charge in [0.1, 0.15) is 0 Å². The molecule has 0 fully saturated rings. The van der Waals surface area contributed by atoms with Gasteiger partial charge in [0.15, 0.2) is 4.80 Å². The van der Waals surface area contributed by atoms with Gasteiger partial charge >= 0.3 is 0 Å². The maximum Gasteiger partial charge on any atom is 0.248 e. The van der Waals surface area contributed by atoms with Crippen LogP contribution in [0.5, 0.6) is 0 Å². The number of hydrogen-bond donors (Lipinski definition) is 0. The number of rotatable bonds is 4. The highest BCUT2D eigenvalue weighted by Gasteiger charge is 2.07. The number of hydrogen-bond acceptors (Lipinski definition) is 2. The third kappa shape index (κ3) is 3.17. The molecule has 0 aliphatic rings. The summed E-state index contributed by atoms with van der Waals surface area (Å²) in [6.07, 6.45) is 7.80. The molecule has 0 saturated heterocycles. The first-order valence-corrected chi connectivity index (χ1v) is 7.58. The molecule has 0 N–H and O–H groups in total. The molecule has 3 nitrogen and oxygen atoms in total. The Balaban J connectivity index is 2.51. The third-order valence-corrected chi connectivity index (χ3v) is 4.09. The molecule has 1 aromatic carbocycles. The average Bonchev–Trinajstić information content (AvgIpc) is 2.74. The molecule has 0 radical (unpaired) electrons. The summed E-state index contributed by atoms with van der Waals surface area (Å²) in [6.45, 7) is 4.55. The molecule has 4 heteroatoms. The van der Waals surface area contributed by atoms with Gasteiger partial charge in [-0.1, -0.05) is 36.7 Å². The topological polar surface area (TPSA) is 34.4 Å². The van der Waals surface area contributed by atoms with Crippen LogP contribution in [0, 0.1) is 19.3 Å². The maximum absolute atomic E-state index is 11.8. The first-order chi connectivity index (χ1) is 9.65. The van der Waals surface area contributed by atoms with Crippen molar-refractivity contribution in [2.45, 2.75) is 39.7 Å². The Hall–Kier alpha value is -1.86. The maximum atomic E-state index is 11.8. The van der Waals surface area contributed by atoms with Gasteiger partial charge in [0.25, 0.3) is 0 Å². The van der Waals surface area contributed by atoms with Crippen molar-refractivity contribution in [3.63, 3.8) is 0 Å². The van der Waals surface area contributed by atoms with Crippen molar-refractivity contribution in [1.29, 1.82) is 0 Å². The normalized spacial score (nSPS) is 11.8. The van der Waals surface area contributed by atoms with Crippen LogP contribution in [0.4, 0.5) is 0 Å². The molecule has 2 rings (SSSR count). The summed E-state index contributed by atoms with van der Waals surface area (Å²) in [7, 11) is 0. The second-order valence-corrected chi connectivity index (χ2v) is 5.76. The lowest BCUT2D eigenvalue weighted by Crippen LogP contribution is -2.16. The zero-order valence-electron chi connectivity index (χ0n) is 11.8. The molecule has 104 valence electrons. The largest absolute Gasteiger partial charge is 0.305 e. The van der Waals surface area contributed by atoms with Crippen LogP contribution in [0.25, 0.3) is 10.2 Å². The molecular formula is C16H18N2OS.